The summed E-state index contributed by atoms with van der Waals surface area (Å²) in [6.45, 7) is 2.93. The molecule has 3 rings (SSSR count). The van der Waals surface area contributed by atoms with Crippen LogP contribution < -0.4 is 4.90 Å². The average molecular weight is 276 g/mol. The number of nitrogens with zero attached hydrogens (tertiary/aromatic N) is 2. The van der Waals surface area contributed by atoms with Crippen LogP contribution in [0.5, 0.6) is 0 Å². The van der Waals surface area contributed by atoms with E-state index in [1.54, 1.807) is 6.07 Å². The molecule has 2 aliphatic rings. The number of carbonyl (C=O) groups excluding carboxylic acids is 1. The van der Waals surface area contributed by atoms with Gasteiger partial charge >= 0.3 is 0 Å². The molecule has 2 unspecified atom stereocenters. The topological polar surface area (TPSA) is 72.7 Å². The lowest BCUT2D eigenvalue weighted by atomic mass is 10.1. The number of ketones is 1. The van der Waals surface area contributed by atoms with Crippen molar-refractivity contribution in [3.63, 3.8) is 0 Å². The minimum Gasteiger partial charge on any atom is -0.371 e. The van der Waals surface area contributed by atoms with Gasteiger partial charge in [-0.1, -0.05) is 0 Å². The van der Waals surface area contributed by atoms with Gasteiger partial charge in [-0.2, -0.15) is 0 Å². The first-order valence-corrected chi connectivity index (χ1v) is 6.74. The van der Waals surface area contributed by atoms with Gasteiger partial charge in [-0.3, -0.25) is 14.9 Å². The monoisotopic (exact) mass is 276 g/mol. The largest absolute Gasteiger partial charge is 0.371 e. The van der Waals surface area contributed by atoms with E-state index in [0.29, 0.717) is 5.56 Å². The smallest absolute Gasteiger partial charge is 0.270 e. The number of carbonyl (C=O) groups is 1. The van der Waals surface area contributed by atoms with Gasteiger partial charge in [-0.25, -0.2) is 0 Å². The van der Waals surface area contributed by atoms with Gasteiger partial charge in [-0.15, -0.1) is 0 Å². The van der Waals surface area contributed by atoms with Crippen molar-refractivity contribution < 1.29 is 14.5 Å². The molecular formula is C14H16N2O4. The third-order valence-electron chi connectivity index (χ3n) is 3.95. The summed E-state index contributed by atoms with van der Waals surface area (Å²) in [5.74, 6) is -0.150. The van der Waals surface area contributed by atoms with Gasteiger partial charge in [0.25, 0.3) is 5.69 Å². The molecule has 6 nitrogen and oxygen atoms in total. The van der Waals surface area contributed by atoms with Gasteiger partial charge in [0.05, 0.1) is 17.1 Å². The molecular weight excluding hydrogens is 260 g/mol. The fourth-order valence-corrected chi connectivity index (χ4v) is 3.01. The Bertz CT molecular complexity index is 560. The molecule has 1 aromatic carbocycles. The standard InChI is InChI=1S/C14H16N2O4/c1-9(17)13-6-10(16(18)19)2-5-14(13)15-7-11-3-4-12(8-15)20-11/h2,5-6,11-12H,3-4,7-8H2,1H3. The molecule has 6 heteroatoms. The molecule has 2 saturated heterocycles. The van der Waals surface area contributed by atoms with Crippen LogP contribution in [-0.2, 0) is 4.74 Å². The maximum atomic E-state index is 11.8. The predicted molar refractivity (Wildman–Crippen MR) is 73.2 cm³/mol. The van der Waals surface area contributed by atoms with Crippen LogP contribution in [0, 0.1) is 10.1 Å². The number of nitro benzene ring substituents is 1. The van der Waals surface area contributed by atoms with E-state index in [9.17, 15) is 14.9 Å². The summed E-state index contributed by atoms with van der Waals surface area (Å²) in [7, 11) is 0. The lowest BCUT2D eigenvalue weighted by Crippen LogP contribution is -2.43. The molecule has 106 valence electrons. The van der Waals surface area contributed by atoms with Crippen LogP contribution in [-0.4, -0.2) is 36.0 Å². The predicted octanol–water partition coefficient (Wildman–Crippen LogP) is 2.17. The van der Waals surface area contributed by atoms with Crippen LogP contribution in [0.15, 0.2) is 18.2 Å². The highest BCUT2D eigenvalue weighted by atomic mass is 16.6. The van der Waals surface area contributed by atoms with Crippen molar-refractivity contribution in [3.8, 4) is 0 Å². The molecule has 0 amide bonds. The van der Waals surface area contributed by atoms with Crippen molar-refractivity contribution in [1.82, 2.24) is 0 Å². The van der Waals surface area contributed by atoms with Crippen LogP contribution in [0.25, 0.3) is 0 Å². The molecule has 0 aliphatic carbocycles. The molecule has 2 bridgehead atoms. The Morgan fingerprint density at radius 2 is 2.00 bits per heavy atom. The summed E-state index contributed by atoms with van der Waals surface area (Å²) in [5.41, 5.74) is 1.15. The Balaban J connectivity index is 1.96. The van der Waals surface area contributed by atoms with E-state index in [1.807, 2.05) is 0 Å². The molecule has 0 saturated carbocycles. The first-order valence-electron chi connectivity index (χ1n) is 6.74. The third kappa shape index (κ3) is 2.27. The van der Waals surface area contributed by atoms with Gasteiger partial charge in [0, 0.05) is 36.5 Å². The van der Waals surface area contributed by atoms with Crippen LogP contribution in [0.4, 0.5) is 11.4 Å². The Morgan fingerprint density at radius 3 is 2.55 bits per heavy atom. The molecule has 2 aliphatic heterocycles. The van der Waals surface area contributed by atoms with Crippen molar-refractivity contribution in [2.45, 2.75) is 32.0 Å². The van der Waals surface area contributed by atoms with Crippen LogP contribution in [0.1, 0.15) is 30.1 Å². The average Bonchev–Trinajstić information content (AvgIpc) is 2.76. The minimum atomic E-state index is -0.473. The number of ether oxygens (including phenoxy) is 1. The molecule has 1 aromatic rings. The summed E-state index contributed by atoms with van der Waals surface area (Å²) < 4.78 is 5.78. The number of benzene rings is 1. The second kappa shape index (κ2) is 4.86. The fourth-order valence-electron chi connectivity index (χ4n) is 3.01. The van der Waals surface area contributed by atoms with Crippen molar-refractivity contribution in [2.24, 2.45) is 0 Å². The van der Waals surface area contributed by atoms with Crippen LogP contribution >= 0.6 is 0 Å². The van der Waals surface area contributed by atoms with Crippen molar-refractivity contribution in [3.05, 3.63) is 33.9 Å². The Hall–Kier alpha value is -1.95. The maximum absolute atomic E-state index is 11.8. The van der Waals surface area contributed by atoms with Crippen LogP contribution in [0.2, 0.25) is 0 Å². The molecule has 2 atom stereocenters. The van der Waals surface area contributed by atoms with Gasteiger partial charge in [-0.05, 0) is 25.8 Å². The zero-order valence-electron chi connectivity index (χ0n) is 11.2. The van der Waals surface area contributed by atoms with E-state index in [-0.39, 0.29) is 23.7 Å². The second-order valence-corrected chi connectivity index (χ2v) is 5.38. The molecule has 20 heavy (non-hydrogen) atoms. The quantitative estimate of drug-likeness (QED) is 0.480. The van der Waals surface area contributed by atoms with Gasteiger partial charge in [0.1, 0.15) is 0 Å². The number of rotatable bonds is 3. The summed E-state index contributed by atoms with van der Waals surface area (Å²) >= 11 is 0. The molecule has 0 radical (unpaired) electrons. The third-order valence-corrected chi connectivity index (χ3v) is 3.95. The van der Waals surface area contributed by atoms with E-state index < -0.39 is 4.92 Å². The normalized spacial score (nSPS) is 24.8. The van der Waals surface area contributed by atoms with Crippen LogP contribution in [0.3, 0.4) is 0 Å². The summed E-state index contributed by atoms with van der Waals surface area (Å²) in [5, 5.41) is 10.8. The summed E-state index contributed by atoms with van der Waals surface area (Å²) in [6.07, 6.45) is 2.51. The van der Waals surface area contributed by atoms with Gasteiger partial charge in [0.2, 0.25) is 0 Å². The Kier molecular flexibility index (Phi) is 3.17. The van der Waals surface area contributed by atoms with E-state index >= 15 is 0 Å². The zero-order chi connectivity index (χ0) is 14.3. The number of hydrogen-bond acceptors (Lipinski definition) is 5. The fraction of sp³-hybridized carbons (Fsp3) is 0.500. The maximum Gasteiger partial charge on any atom is 0.270 e. The van der Waals surface area contributed by atoms with E-state index in [2.05, 4.69) is 4.90 Å². The van der Waals surface area contributed by atoms with E-state index in [0.717, 1.165) is 31.6 Å². The number of anilines is 1. The van der Waals surface area contributed by atoms with Gasteiger partial charge < -0.3 is 9.64 Å². The highest BCUT2D eigenvalue weighted by Crippen LogP contribution is 2.33. The SMILES string of the molecule is CC(=O)c1cc([N+](=O)[O-])ccc1N1CC2CCC(C1)O2. The number of Topliss-reactive ketones (excluding diaryl/α,β-unsaturated/α-hetero) is 1. The van der Waals surface area contributed by atoms with E-state index in [4.69, 9.17) is 4.74 Å². The molecule has 0 N–H and O–H groups in total. The Labute approximate surface area is 116 Å². The number of morpholine rings is 1. The summed E-state index contributed by atoms with van der Waals surface area (Å²) in [4.78, 5) is 24.3. The Morgan fingerprint density at radius 1 is 1.35 bits per heavy atom. The zero-order valence-corrected chi connectivity index (χ0v) is 11.2. The molecule has 2 heterocycles. The highest BCUT2D eigenvalue weighted by molar-refractivity contribution is 6.00. The molecule has 0 spiro atoms. The number of nitro groups is 1. The van der Waals surface area contributed by atoms with Crippen molar-refractivity contribution >= 4 is 17.2 Å². The minimum absolute atomic E-state index is 0.0461. The first kappa shape index (κ1) is 13.1. The number of fused-ring (bicyclic) bond motifs is 2. The van der Waals surface area contributed by atoms with E-state index in [1.165, 1.54) is 19.1 Å². The van der Waals surface area contributed by atoms with Crippen molar-refractivity contribution in [1.29, 1.82) is 0 Å². The van der Waals surface area contributed by atoms with Crippen molar-refractivity contribution in [2.75, 3.05) is 18.0 Å². The highest BCUT2D eigenvalue weighted by Gasteiger charge is 2.34. The number of non-ortho nitro benzene ring substituents is 1. The number of hydrogen-bond donors (Lipinski definition) is 0. The lowest BCUT2D eigenvalue weighted by Gasteiger charge is -2.34. The summed E-state index contributed by atoms with van der Waals surface area (Å²) in [6, 6.07) is 4.51. The second-order valence-electron chi connectivity index (χ2n) is 5.38. The lowest BCUT2D eigenvalue weighted by molar-refractivity contribution is -0.384. The molecule has 2 fully saturated rings. The van der Waals surface area contributed by atoms with Gasteiger partial charge in [0.15, 0.2) is 5.78 Å². The molecule has 0 aromatic heterocycles. The first-order chi connectivity index (χ1) is 9.54.